The third-order valence-electron chi connectivity index (χ3n) is 13.5. The van der Waals surface area contributed by atoms with Crippen molar-refractivity contribution in [3.63, 3.8) is 0 Å². The van der Waals surface area contributed by atoms with E-state index < -0.39 is 0 Å². The van der Waals surface area contributed by atoms with Crippen LogP contribution >= 0.6 is 70.1 Å². The Hall–Kier alpha value is -6.03. The molecule has 0 aliphatic carbocycles. The van der Waals surface area contributed by atoms with Crippen molar-refractivity contribution in [1.82, 2.24) is 0 Å². The number of hydrogen-bond donors (Lipinski definition) is 0. The molecular weight excluding hydrogens is 1030 g/mol. The molecule has 4 aliphatic rings. The van der Waals surface area contributed by atoms with Crippen LogP contribution in [-0.2, 0) is 19.3 Å². The molecule has 0 atom stereocenters. The Kier molecular flexibility index (Phi) is 16.0. The molecule has 0 amide bonds. The van der Waals surface area contributed by atoms with Gasteiger partial charge in [-0.25, -0.2) is 0 Å². The van der Waals surface area contributed by atoms with Gasteiger partial charge >= 0.3 is 0 Å². The van der Waals surface area contributed by atoms with Crippen LogP contribution in [0.5, 0.6) is 11.5 Å². The number of fused-ring (bicyclic) bond motifs is 11. The van der Waals surface area contributed by atoms with E-state index in [2.05, 4.69) is 229 Å². The van der Waals surface area contributed by atoms with E-state index in [-0.39, 0.29) is 0 Å². The van der Waals surface area contributed by atoms with E-state index in [1.165, 1.54) is 132 Å². The second-order valence-electron chi connectivity index (χ2n) is 18.9. The molecule has 0 radical (unpaired) electrons. The summed E-state index contributed by atoms with van der Waals surface area (Å²) in [5.41, 5.74) is 12.7. The van der Waals surface area contributed by atoms with E-state index >= 15 is 0 Å². The Labute approximate surface area is 468 Å². The molecule has 0 fully saturated rings. The van der Waals surface area contributed by atoms with Crippen LogP contribution in [0.3, 0.4) is 0 Å². The molecule has 1 nitrogen and oxygen atoms in total. The minimum Gasteiger partial charge on any atom is -0.455 e. The largest absolute Gasteiger partial charge is 0.455 e. The second kappa shape index (κ2) is 23.5. The van der Waals surface area contributed by atoms with Crippen LogP contribution in [0, 0.1) is 34.6 Å². The van der Waals surface area contributed by atoms with Crippen LogP contribution in [0.4, 0.5) is 0 Å². The van der Waals surface area contributed by atoms with Crippen molar-refractivity contribution >= 4 is 90.3 Å². The normalized spacial score (nSPS) is 12.8. The zero-order chi connectivity index (χ0) is 51.3. The van der Waals surface area contributed by atoms with Gasteiger partial charge in [0.2, 0.25) is 0 Å². The Morgan fingerprint density at radius 3 is 1.52 bits per heavy atom. The number of thiophene rings is 1. The highest BCUT2D eigenvalue weighted by molar-refractivity contribution is 8.05. The van der Waals surface area contributed by atoms with Crippen LogP contribution in [0.1, 0.15) is 50.1 Å². The van der Waals surface area contributed by atoms with Gasteiger partial charge in [-0.1, -0.05) is 217 Å². The topological polar surface area (TPSA) is 9.23 Å². The smallest absolute Gasteiger partial charge is 0.144 e. The fourth-order valence-corrected chi connectivity index (χ4v) is 16.5. The average Bonchev–Trinajstić information content (AvgIpc) is 3.72. The summed E-state index contributed by atoms with van der Waals surface area (Å²) in [5, 5.41) is 2.78. The van der Waals surface area contributed by atoms with E-state index in [1.54, 1.807) is 11.8 Å². The predicted molar refractivity (Wildman–Crippen MR) is 325 cm³/mol. The van der Waals surface area contributed by atoms with E-state index in [4.69, 9.17) is 4.74 Å². The molecule has 0 bridgehead atoms. The lowest BCUT2D eigenvalue weighted by Gasteiger charge is -2.20. The lowest BCUT2D eigenvalue weighted by atomic mass is 10.0. The van der Waals surface area contributed by atoms with Gasteiger partial charge in [0.05, 0.1) is 9.79 Å². The molecule has 5 heterocycles. The summed E-state index contributed by atoms with van der Waals surface area (Å²) in [5.74, 6) is 1.96. The molecule has 0 spiro atoms. The van der Waals surface area contributed by atoms with Crippen LogP contribution < -0.4 is 4.74 Å². The second-order valence-corrected chi connectivity index (χ2v) is 25.3. The summed E-state index contributed by atoms with van der Waals surface area (Å²) < 4.78 is 8.70. The van der Waals surface area contributed by atoms with Gasteiger partial charge in [-0.05, 0) is 159 Å². The van der Waals surface area contributed by atoms with E-state index in [9.17, 15) is 0 Å². The number of rotatable bonds is 0. The van der Waals surface area contributed by atoms with Crippen LogP contribution in [0.2, 0.25) is 0 Å². The van der Waals surface area contributed by atoms with Crippen molar-refractivity contribution in [2.24, 2.45) is 0 Å². The molecule has 7 heteroatoms. The standard InChI is InChI=1S/C15H14S.C14H12S.C13H10OS.C13H10S2.C13H10S/c1-11-5-4-7-13-10-9-12-6-2-3-8-14(12)16-15(11)13;1-10-5-4-7-12-9-11-6-2-3-8-13(11)15-14(10)12;1-9-5-4-8-12-13(9)14-10-6-2-3-7-11(10)15-12;1-9-5-4-8-12-13(9)15-11-7-3-2-6-10(11)14-12;1-9-5-4-7-11-10-6-2-3-8-12(10)14-13(9)11/h2-8H,9-10H2,1H3;2-8H,9H2,1H3;2*2-8H,1H3;2-8H,1H3. The summed E-state index contributed by atoms with van der Waals surface area (Å²) in [6, 6.07) is 75.3. The summed E-state index contributed by atoms with van der Waals surface area (Å²) in [6.45, 7) is 10.8. The fourth-order valence-electron chi connectivity index (χ4n) is 9.56. The molecule has 4 aliphatic heterocycles. The lowest BCUT2D eigenvalue weighted by Crippen LogP contribution is -2.00. The molecule has 0 unspecified atom stereocenters. The minimum atomic E-state index is 0.962. The molecule has 0 saturated carbocycles. The number of hydrogen-bond acceptors (Lipinski definition) is 7. The predicted octanol–water partition coefficient (Wildman–Crippen LogP) is 21.5. The zero-order valence-electron chi connectivity index (χ0n) is 42.7. The van der Waals surface area contributed by atoms with Crippen molar-refractivity contribution in [2.75, 3.05) is 0 Å². The van der Waals surface area contributed by atoms with E-state index in [1.807, 2.05) is 76.6 Å². The summed E-state index contributed by atoms with van der Waals surface area (Å²) >= 11 is 11.3. The summed E-state index contributed by atoms with van der Waals surface area (Å²) in [4.78, 5) is 13.7. The summed E-state index contributed by atoms with van der Waals surface area (Å²) in [7, 11) is 0. The van der Waals surface area contributed by atoms with Crippen LogP contribution in [-0.4, -0.2) is 0 Å². The Morgan fingerprint density at radius 1 is 0.307 bits per heavy atom. The molecule has 15 rings (SSSR count). The first-order valence-electron chi connectivity index (χ1n) is 25.4. The monoisotopic (exact) mass is 1080 g/mol. The number of benzene rings is 10. The summed E-state index contributed by atoms with van der Waals surface area (Å²) in [6.07, 6.45) is 3.42. The first kappa shape index (κ1) is 51.1. The van der Waals surface area contributed by atoms with Crippen LogP contribution in [0.15, 0.2) is 261 Å². The first-order chi connectivity index (χ1) is 36.7. The Morgan fingerprint density at radius 2 is 0.760 bits per heavy atom. The quantitative estimate of drug-likeness (QED) is 0.149. The van der Waals surface area contributed by atoms with E-state index in [0.717, 1.165) is 17.9 Å². The van der Waals surface area contributed by atoms with Gasteiger partial charge in [0.15, 0.2) is 0 Å². The molecule has 0 N–H and O–H groups in total. The van der Waals surface area contributed by atoms with E-state index in [0.29, 0.717) is 0 Å². The molecule has 0 saturated heterocycles. The third-order valence-corrected chi connectivity index (χ3v) is 21.5. The van der Waals surface area contributed by atoms with Crippen molar-refractivity contribution in [1.29, 1.82) is 0 Å². The molecule has 75 heavy (non-hydrogen) atoms. The highest BCUT2D eigenvalue weighted by Crippen LogP contribution is 2.50. The van der Waals surface area contributed by atoms with Gasteiger partial charge < -0.3 is 4.74 Å². The highest BCUT2D eigenvalue weighted by Gasteiger charge is 2.20. The highest BCUT2D eigenvalue weighted by atomic mass is 32.2. The Bertz CT molecular complexity index is 3620. The maximum Gasteiger partial charge on any atom is 0.144 e. The number of ether oxygens (including phenoxy) is 1. The van der Waals surface area contributed by atoms with Crippen molar-refractivity contribution in [3.8, 4) is 11.5 Å². The third kappa shape index (κ3) is 11.6. The molecule has 1 aromatic heterocycles. The zero-order valence-corrected chi connectivity index (χ0v) is 47.6. The number of aryl methyl sites for hydroxylation is 7. The number of para-hydroxylation sites is 2. The van der Waals surface area contributed by atoms with Gasteiger partial charge in [-0.15, -0.1) is 11.3 Å². The lowest BCUT2D eigenvalue weighted by molar-refractivity contribution is 0.451. The van der Waals surface area contributed by atoms with Crippen molar-refractivity contribution in [2.45, 2.75) is 103 Å². The van der Waals surface area contributed by atoms with Gasteiger partial charge in [0.25, 0.3) is 0 Å². The maximum atomic E-state index is 5.89. The van der Waals surface area contributed by atoms with Crippen molar-refractivity contribution < 1.29 is 4.74 Å². The average molecular weight is 1080 g/mol. The fraction of sp³-hybridized carbons (Fsp3) is 0.118. The van der Waals surface area contributed by atoms with Crippen LogP contribution in [0.25, 0.3) is 20.2 Å². The molecule has 10 aromatic carbocycles. The van der Waals surface area contributed by atoms with Gasteiger partial charge in [-0.3, -0.25) is 0 Å². The maximum absolute atomic E-state index is 5.89. The molecule has 370 valence electrons. The van der Waals surface area contributed by atoms with Gasteiger partial charge in [0, 0.05) is 59.3 Å². The SMILES string of the molecule is Cc1cccc2c1Oc1ccccc1S2.Cc1cccc2c1Sc1ccccc1C2.Cc1cccc2c1Sc1ccccc1CC2.Cc1cccc2c1Sc1ccccc1S2.Cc1cccc2c1sc1ccccc12. The molecule has 11 aromatic rings. The molecular formula is C68H56OS6. The van der Waals surface area contributed by atoms with Gasteiger partial charge in [-0.2, -0.15) is 0 Å². The van der Waals surface area contributed by atoms with Crippen molar-refractivity contribution in [3.05, 3.63) is 262 Å². The minimum absolute atomic E-state index is 0.962. The Balaban J connectivity index is 0.000000100. The first-order valence-corrected chi connectivity index (χ1v) is 30.3. The van der Waals surface area contributed by atoms with Gasteiger partial charge in [0.1, 0.15) is 11.5 Å².